The van der Waals surface area contributed by atoms with Crippen LogP contribution in [0, 0.1) is 5.82 Å². The number of nitrogens with one attached hydrogen (secondary N) is 1. The highest BCUT2D eigenvalue weighted by atomic mass is 32.1. The van der Waals surface area contributed by atoms with E-state index in [1.54, 1.807) is 12.1 Å². The molecule has 26 heavy (non-hydrogen) atoms. The molecular formula is C21H19FN2OS. The zero-order chi connectivity index (χ0) is 17.9. The van der Waals surface area contributed by atoms with Crippen LogP contribution in [0.5, 0.6) is 0 Å². The normalized spacial score (nSPS) is 13.3. The number of nitrogens with zero attached hydrogens (tertiary/aromatic N) is 1. The Labute approximate surface area is 155 Å². The summed E-state index contributed by atoms with van der Waals surface area (Å²) in [5.74, 6) is -0.527. The number of anilines is 1. The molecule has 0 unspecified atom stereocenters. The van der Waals surface area contributed by atoms with E-state index in [0.29, 0.717) is 10.7 Å². The predicted octanol–water partition coefficient (Wildman–Crippen LogP) is 5.01. The highest BCUT2D eigenvalue weighted by Crippen LogP contribution is 2.29. The zero-order valence-electron chi connectivity index (χ0n) is 14.3. The summed E-state index contributed by atoms with van der Waals surface area (Å²) in [6.07, 6.45) is 4.93. The molecule has 1 aromatic heterocycles. The maximum absolute atomic E-state index is 13.2. The number of benzene rings is 2. The number of halogens is 1. The maximum atomic E-state index is 13.2. The van der Waals surface area contributed by atoms with Crippen molar-refractivity contribution in [2.24, 2.45) is 0 Å². The number of rotatable bonds is 4. The standard InChI is InChI=1S/C21H19FN2OS/c22-18-7-3-4-14(10-18)11-20(25)24-21-23-19(13-26-21)17-9-8-15-5-1-2-6-16(15)12-17/h3-4,7-10,12-13H,1-2,5-6,11H2,(H,23,24,25). The summed E-state index contributed by atoms with van der Waals surface area (Å²) in [7, 11) is 0. The molecule has 1 amide bonds. The van der Waals surface area contributed by atoms with Gasteiger partial charge in [0.1, 0.15) is 5.82 Å². The van der Waals surface area contributed by atoms with Crippen LogP contribution in [-0.4, -0.2) is 10.9 Å². The van der Waals surface area contributed by atoms with Crippen LogP contribution in [0.4, 0.5) is 9.52 Å². The van der Waals surface area contributed by atoms with E-state index in [4.69, 9.17) is 0 Å². The fourth-order valence-corrected chi connectivity index (χ4v) is 4.09. The van der Waals surface area contributed by atoms with E-state index < -0.39 is 0 Å². The molecule has 0 saturated heterocycles. The van der Waals surface area contributed by atoms with E-state index in [-0.39, 0.29) is 18.1 Å². The van der Waals surface area contributed by atoms with Crippen LogP contribution >= 0.6 is 11.3 Å². The van der Waals surface area contributed by atoms with Crippen molar-refractivity contribution in [1.82, 2.24) is 4.98 Å². The number of carbonyl (C=O) groups is 1. The second-order valence-corrected chi connectivity index (χ2v) is 7.44. The fraction of sp³-hybridized carbons (Fsp3) is 0.238. The van der Waals surface area contributed by atoms with Crippen molar-refractivity contribution in [3.63, 3.8) is 0 Å². The monoisotopic (exact) mass is 366 g/mol. The third kappa shape index (κ3) is 3.83. The van der Waals surface area contributed by atoms with Gasteiger partial charge in [-0.25, -0.2) is 9.37 Å². The molecule has 0 radical (unpaired) electrons. The molecule has 0 fully saturated rings. The molecule has 1 N–H and O–H groups in total. The van der Waals surface area contributed by atoms with Gasteiger partial charge in [-0.05, 0) is 60.6 Å². The number of thiazole rings is 1. The lowest BCUT2D eigenvalue weighted by molar-refractivity contribution is -0.115. The number of aromatic nitrogens is 1. The van der Waals surface area contributed by atoms with Crippen molar-refractivity contribution in [2.45, 2.75) is 32.1 Å². The van der Waals surface area contributed by atoms with Crippen LogP contribution < -0.4 is 5.32 Å². The van der Waals surface area contributed by atoms with Crippen LogP contribution in [0.15, 0.2) is 47.8 Å². The first-order valence-corrected chi connectivity index (χ1v) is 9.67. The Morgan fingerprint density at radius 2 is 1.96 bits per heavy atom. The molecule has 1 aliphatic carbocycles. The molecule has 3 aromatic rings. The minimum atomic E-state index is -0.334. The van der Waals surface area contributed by atoms with Crippen molar-refractivity contribution in [3.05, 3.63) is 70.4 Å². The average Bonchev–Trinajstić information content (AvgIpc) is 3.09. The van der Waals surface area contributed by atoms with E-state index >= 15 is 0 Å². The van der Waals surface area contributed by atoms with Gasteiger partial charge in [-0.15, -0.1) is 11.3 Å². The van der Waals surface area contributed by atoms with Gasteiger partial charge in [0.05, 0.1) is 12.1 Å². The van der Waals surface area contributed by atoms with Gasteiger partial charge in [0.2, 0.25) is 5.91 Å². The largest absolute Gasteiger partial charge is 0.302 e. The number of hydrogen-bond acceptors (Lipinski definition) is 3. The van der Waals surface area contributed by atoms with Gasteiger partial charge in [0.25, 0.3) is 0 Å². The zero-order valence-corrected chi connectivity index (χ0v) is 15.1. The van der Waals surface area contributed by atoms with Gasteiger partial charge in [0, 0.05) is 10.9 Å². The summed E-state index contributed by atoms with van der Waals surface area (Å²) < 4.78 is 13.2. The number of carbonyl (C=O) groups excluding carboxylic acids is 1. The summed E-state index contributed by atoms with van der Waals surface area (Å²) in [5, 5.41) is 5.34. The van der Waals surface area contributed by atoms with E-state index in [1.807, 2.05) is 5.38 Å². The SMILES string of the molecule is O=C(Cc1cccc(F)c1)Nc1nc(-c2ccc3c(c2)CCCC3)cs1. The molecule has 1 heterocycles. The number of amides is 1. The quantitative estimate of drug-likeness (QED) is 0.705. The lowest BCUT2D eigenvalue weighted by Crippen LogP contribution is -2.14. The Bertz CT molecular complexity index is 951. The van der Waals surface area contributed by atoms with E-state index in [0.717, 1.165) is 24.1 Å². The molecular weight excluding hydrogens is 347 g/mol. The molecule has 0 bridgehead atoms. The summed E-state index contributed by atoms with van der Waals surface area (Å²) in [4.78, 5) is 16.7. The molecule has 0 spiro atoms. The molecule has 0 atom stereocenters. The molecule has 132 valence electrons. The first-order chi connectivity index (χ1) is 12.7. The Morgan fingerprint density at radius 1 is 1.12 bits per heavy atom. The van der Waals surface area contributed by atoms with Crippen LogP contribution in [0.3, 0.4) is 0 Å². The number of fused-ring (bicyclic) bond motifs is 1. The first kappa shape index (κ1) is 16.9. The molecule has 0 aliphatic heterocycles. The Kier molecular flexibility index (Phi) is 4.80. The van der Waals surface area contributed by atoms with Crippen molar-refractivity contribution >= 4 is 22.4 Å². The highest BCUT2D eigenvalue weighted by Gasteiger charge is 2.13. The third-order valence-electron chi connectivity index (χ3n) is 4.65. The number of aryl methyl sites for hydroxylation is 2. The Balaban J connectivity index is 1.45. The van der Waals surface area contributed by atoms with Gasteiger partial charge in [0.15, 0.2) is 5.13 Å². The van der Waals surface area contributed by atoms with Crippen LogP contribution in [-0.2, 0) is 24.1 Å². The van der Waals surface area contributed by atoms with Crippen molar-refractivity contribution in [3.8, 4) is 11.3 Å². The summed E-state index contributed by atoms with van der Waals surface area (Å²) in [5.41, 5.74) is 5.48. The van der Waals surface area contributed by atoms with Gasteiger partial charge in [-0.1, -0.05) is 24.3 Å². The van der Waals surface area contributed by atoms with Crippen LogP contribution in [0.1, 0.15) is 29.5 Å². The summed E-state index contributed by atoms with van der Waals surface area (Å²) >= 11 is 1.41. The smallest absolute Gasteiger partial charge is 0.230 e. The lowest BCUT2D eigenvalue weighted by atomic mass is 9.90. The second kappa shape index (κ2) is 7.38. The predicted molar refractivity (Wildman–Crippen MR) is 103 cm³/mol. The van der Waals surface area contributed by atoms with Crippen molar-refractivity contribution in [1.29, 1.82) is 0 Å². The molecule has 5 heteroatoms. The highest BCUT2D eigenvalue weighted by molar-refractivity contribution is 7.14. The minimum Gasteiger partial charge on any atom is -0.302 e. The summed E-state index contributed by atoms with van der Waals surface area (Å²) in [6, 6.07) is 12.6. The van der Waals surface area contributed by atoms with Gasteiger partial charge < -0.3 is 5.32 Å². The molecule has 2 aromatic carbocycles. The van der Waals surface area contributed by atoms with Gasteiger partial charge in [-0.3, -0.25) is 4.79 Å². The third-order valence-corrected chi connectivity index (χ3v) is 5.41. The van der Waals surface area contributed by atoms with Gasteiger partial charge >= 0.3 is 0 Å². The van der Waals surface area contributed by atoms with Gasteiger partial charge in [-0.2, -0.15) is 0 Å². The van der Waals surface area contributed by atoms with E-state index in [9.17, 15) is 9.18 Å². The minimum absolute atomic E-state index is 0.130. The second-order valence-electron chi connectivity index (χ2n) is 6.58. The topological polar surface area (TPSA) is 42.0 Å². The Hall–Kier alpha value is -2.53. The van der Waals surface area contributed by atoms with Crippen LogP contribution in [0.2, 0.25) is 0 Å². The Morgan fingerprint density at radius 3 is 2.81 bits per heavy atom. The van der Waals surface area contributed by atoms with E-state index in [2.05, 4.69) is 28.5 Å². The van der Waals surface area contributed by atoms with Crippen molar-refractivity contribution < 1.29 is 9.18 Å². The maximum Gasteiger partial charge on any atom is 0.230 e. The summed E-state index contributed by atoms with van der Waals surface area (Å²) in [6.45, 7) is 0. The fourth-order valence-electron chi connectivity index (χ4n) is 3.35. The van der Waals surface area contributed by atoms with Crippen molar-refractivity contribution in [2.75, 3.05) is 5.32 Å². The molecule has 0 saturated carbocycles. The molecule has 3 nitrogen and oxygen atoms in total. The number of hydrogen-bond donors (Lipinski definition) is 1. The van der Waals surface area contributed by atoms with E-state index in [1.165, 1.54) is 47.4 Å². The molecule has 1 aliphatic rings. The molecule has 4 rings (SSSR count). The average molecular weight is 366 g/mol. The van der Waals surface area contributed by atoms with Crippen LogP contribution in [0.25, 0.3) is 11.3 Å². The lowest BCUT2D eigenvalue weighted by Gasteiger charge is -2.16. The first-order valence-electron chi connectivity index (χ1n) is 8.79.